The van der Waals surface area contributed by atoms with E-state index in [2.05, 4.69) is 5.10 Å². The van der Waals surface area contributed by atoms with Crippen LogP contribution >= 0.6 is 0 Å². The van der Waals surface area contributed by atoms with Crippen LogP contribution in [0.25, 0.3) is 5.69 Å². The van der Waals surface area contributed by atoms with Gasteiger partial charge < -0.3 is 19.3 Å². The molecular weight excluding hydrogens is 539 g/mol. The molecule has 1 atom stereocenters. The molecule has 5 rings (SSSR count). The topological polar surface area (TPSA) is 94.5 Å². The number of rotatable bonds is 9. The molecule has 2 aromatic carbocycles. The Morgan fingerprint density at radius 2 is 1.80 bits per heavy atom. The lowest BCUT2D eigenvalue weighted by Crippen LogP contribution is -2.32. The van der Waals surface area contributed by atoms with Gasteiger partial charge in [0, 0.05) is 38.0 Å². The minimum absolute atomic E-state index is 0.0410. The fraction of sp³-hybridized carbons (Fsp3) is 0.345. The number of ether oxygens (including phenoxy) is 1. The molecule has 9 nitrogen and oxygen atoms in total. The average molecular weight is 570 g/mol. The second kappa shape index (κ2) is 11.3. The predicted molar refractivity (Wildman–Crippen MR) is 147 cm³/mol. The van der Waals surface area contributed by atoms with Crippen molar-refractivity contribution in [1.82, 2.24) is 18.9 Å². The van der Waals surface area contributed by atoms with Gasteiger partial charge in [-0.3, -0.25) is 9.36 Å². The maximum Gasteiger partial charge on any atom is 0.425 e. The van der Waals surface area contributed by atoms with Crippen LogP contribution < -0.4 is 20.9 Å². The molecule has 0 saturated heterocycles. The van der Waals surface area contributed by atoms with Crippen molar-refractivity contribution in [2.75, 3.05) is 11.4 Å². The van der Waals surface area contributed by atoms with Crippen LogP contribution in [-0.2, 0) is 32.7 Å². The standard InChI is InChI=1S/C29H30F3N5O4/c1-3-36-25(18-38)33-37(28(36)40)23-14-22-10-12-35(27(22)24(15-23)41-19(2)29(30,31)32)17-21-9-11-34(26(39)13-21)16-20-7-5-4-6-8-20/h4-9,11,13-15,19,38H,3,10,12,16-18H2,1-2H3. The molecule has 0 bridgehead atoms. The molecule has 1 aliphatic rings. The van der Waals surface area contributed by atoms with Crippen LogP contribution in [0.15, 0.2) is 70.4 Å². The molecule has 0 saturated carbocycles. The Morgan fingerprint density at radius 3 is 2.44 bits per heavy atom. The van der Waals surface area contributed by atoms with Crippen molar-refractivity contribution in [2.45, 2.75) is 58.8 Å². The number of fused-ring (bicyclic) bond motifs is 1. The summed E-state index contributed by atoms with van der Waals surface area (Å²) in [5.41, 5.74) is 2.39. The molecular formula is C29H30F3N5O4. The maximum atomic E-state index is 13.5. The van der Waals surface area contributed by atoms with Gasteiger partial charge in [-0.15, -0.1) is 5.10 Å². The molecule has 12 heteroatoms. The third kappa shape index (κ3) is 5.78. The van der Waals surface area contributed by atoms with Crippen LogP contribution in [0.2, 0.25) is 0 Å². The van der Waals surface area contributed by atoms with E-state index in [1.54, 1.807) is 23.8 Å². The van der Waals surface area contributed by atoms with E-state index in [0.717, 1.165) is 17.2 Å². The summed E-state index contributed by atoms with van der Waals surface area (Å²) in [6.07, 6.45) is -4.52. The summed E-state index contributed by atoms with van der Waals surface area (Å²) < 4.78 is 50.0. The van der Waals surface area contributed by atoms with Crippen LogP contribution in [0.5, 0.6) is 5.75 Å². The fourth-order valence-corrected chi connectivity index (χ4v) is 5.01. The highest BCUT2D eigenvalue weighted by Gasteiger charge is 2.39. The Morgan fingerprint density at radius 1 is 1.05 bits per heavy atom. The minimum Gasteiger partial charge on any atom is -0.479 e. The molecule has 1 aliphatic heterocycles. The summed E-state index contributed by atoms with van der Waals surface area (Å²) >= 11 is 0. The van der Waals surface area contributed by atoms with Crippen LogP contribution in [0.1, 0.15) is 36.4 Å². The normalized spacial score (nSPS) is 13.9. The van der Waals surface area contributed by atoms with Gasteiger partial charge in [-0.2, -0.15) is 17.9 Å². The van der Waals surface area contributed by atoms with Gasteiger partial charge in [0.2, 0.25) is 0 Å². The first kappa shape index (κ1) is 28.2. The molecule has 0 amide bonds. The molecule has 1 N–H and O–H groups in total. The van der Waals surface area contributed by atoms with Crippen molar-refractivity contribution in [3.05, 3.63) is 104 Å². The van der Waals surface area contributed by atoms with Crippen molar-refractivity contribution in [3.63, 3.8) is 0 Å². The number of halogens is 3. The Labute approximate surface area is 233 Å². The Bertz CT molecular complexity index is 1660. The molecule has 4 aromatic rings. The van der Waals surface area contributed by atoms with E-state index < -0.39 is 24.6 Å². The van der Waals surface area contributed by atoms with Crippen LogP contribution in [0.4, 0.5) is 18.9 Å². The van der Waals surface area contributed by atoms with E-state index in [9.17, 15) is 27.9 Å². The van der Waals surface area contributed by atoms with Gasteiger partial charge in [0.15, 0.2) is 11.9 Å². The van der Waals surface area contributed by atoms with Gasteiger partial charge in [-0.1, -0.05) is 30.3 Å². The number of pyridine rings is 1. The van der Waals surface area contributed by atoms with Gasteiger partial charge in [-0.25, -0.2) is 4.79 Å². The van der Waals surface area contributed by atoms with Crippen LogP contribution in [0, 0.1) is 0 Å². The van der Waals surface area contributed by atoms with Gasteiger partial charge in [0.1, 0.15) is 12.4 Å². The number of hydrogen-bond donors (Lipinski definition) is 1. The highest BCUT2D eigenvalue weighted by Crippen LogP contribution is 2.41. The quantitative estimate of drug-likeness (QED) is 0.331. The number of aliphatic hydroxyl groups is 1. The monoisotopic (exact) mass is 569 g/mol. The Kier molecular flexibility index (Phi) is 7.76. The molecule has 0 spiro atoms. The van der Waals surface area contributed by atoms with Crippen molar-refractivity contribution < 1.29 is 23.0 Å². The highest BCUT2D eigenvalue weighted by molar-refractivity contribution is 5.70. The average Bonchev–Trinajstić information content (AvgIpc) is 3.50. The zero-order chi connectivity index (χ0) is 29.3. The van der Waals surface area contributed by atoms with Gasteiger partial charge in [0.25, 0.3) is 5.56 Å². The summed E-state index contributed by atoms with van der Waals surface area (Å²) in [7, 11) is 0. The first-order valence-electron chi connectivity index (χ1n) is 13.3. The first-order chi connectivity index (χ1) is 19.6. The number of nitrogens with zero attached hydrogens (tertiary/aromatic N) is 5. The predicted octanol–water partition coefficient (Wildman–Crippen LogP) is 3.65. The molecule has 41 heavy (non-hydrogen) atoms. The second-order valence-corrected chi connectivity index (χ2v) is 9.92. The number of alkyl halides is 3. The Hall–Kier alpha value is -4.32. The summed E-state index contributed by atoms with van der Waals surface area (Å²) in [6.45, 7) is 3.64. The highest BCUT2D eigenvalue weighted by atomic mass is 19.4. The molecule has 0 aliphatic carbocycles. The molecule has 216 valence electrons. The summed E-state index contributed by atoms with van der Waals surface area (Å²) in [4.78, 5) is 27.7. The van der Waals surface area contributed by atoms with E-state index in [4.69, 9.17) is 4.74 Å². The van der Waals surface area contributed by atoms with Gasteiger partial charge >= 0.3 is 11.9 Å². The third-order valence-corrected chi connectivity index (χ3v) is 7.14. The molecule has 2 aromatic heterocycles. The summed E-state index contributed by atoms with van der Waals surface area (Å²) in [5, 5.41) is 13.8. The minimum atomic E-state index is -4.61. The van der Waals surface area contributed by atoms with Crippen LogP contribution in [-0.4, -0.2) is 42.8 Å². The lowest BCUT2D eigenvalue weighted by Gasteiger charge is -2.25. The van der Waals surface area contributed by atoms with Crippen molar-refractivity contribution in [2.24, 2.45) is 0 Å². The fourth-order valence-electron chi connectivity index (χ4n) is 5.01. The number of benzene rings is 2. The number of anilines is 1. The lowest BCUT2D eigenvalue weighted by atomic mass is 10.1. The van der Waals surface area contributed by atoms with E-state index in [1.807, 2.05) is 41.3 Å². The Balaban J connectivity index is 1.49. The largest absolute Gasteiger partial charge is 0.479 e. The van der Waals surface area contributed by atoms with Gasteiger partial charge in [0.05, 0.1) is 17.9 Å². The zero-order valence-electron chi connectivity index (χ0n) is 22.6. The first-order valence-corrected chi connectivity index (χ1v) is 13.3. The van der Waals surface area contributed by atoms with E-state index in [-0.39, 0.29) is 35.9 Å². The maximum absolute atomic E-state index is 13.5. The summed E-state index contributed by atoms with van der Waals surface area (Å²) in [6, 6.07) is 16.0. The zero-order valence-corrected chi connectivity index (χ0v) is 22.6. The van der Waals surface area contributed by atoms with Crippen molar-refractivity contribution >= 4 is 5.69 Å². The number of hydrogen-bond acceptors (Lipinski definition) is 6. The smallest absolute Gasteiger partial charge is 0.425 e. The lowest BCUT2D eigenvalue weighted by molar-refractivity contribution is -0.189. The molecule has 3 heterocycles. The van der Waals surface area contributed by atoms with E-state index in [0.29, 0.717) is 36.3 Å². The number of aromatic nitrogens is 4. The third-order valence-electron chi connectivity index (χ3n) is 7.14. The molecule has 0 fully saturated rings. The SMILES string of the molecule is CCn1c(CO)nn(-c2cc3c(c(OC(C)C(F)(F)F)c2)N(Cc2ccn(Cc4ccccc4)c(=O)c2)CC3)c1=O. The van der Waals surface area contributed by atoms with Crippen molar-refractivity contribution in [3.8, 4) is 11.4 Å². The molecule has 1 unspecified atom stereocenters. The van der Waals surface area contributed by atoms with Gasteiger partial charge in [-0.05, 0) is 49.1 Å². The summed E-state index contributed by atoms with van der Waals surface area (Å²) in [5.74, 6) is 0.105. The van der Waals surface area contributed by atoms with Crippen LogP contribution in [0.3, 0.4) is 0 Å². The van der Waals surface area contributed by atoms with Crippen molar-refractivity contribution in [1.29, 1.82) is 0 Å². The van der Waals surface area contributed by atoms with E-state index >= 15 is 0 Å². The molecule has 0 radical (unpaired) electrons. The number of aliphatic hydroxyl groups excluding tert-OH is 1. The van der Waals surface area contributed by atoms with E-state index in [1.165, 1.54) is 16.7 Å². The second-order valence-electron chi connectivity index (χ2n) is 9.92.